The molecule has 5 rings (SSSR count). The van der Waals surface area contributed by atoms with Crippen molar-refractivity contribution in [2.24, 2.45) is 29.6 Å². The zero-order valence-corrected chi connectivity index (χ0v) is 14.9. The van der Waals surface area contributed by atoms with Crippen LogP contribution in [0.25, 0.3) is 0 Å². The minimum Gasteiger partial charge on any atom is -0.478 e. The molecule has 2 amide bonds. The van der Waals surface area contributed by atoms with Crippen molar-refractivity contribution in [2.45, 2.75) is 45.1 Å². The van der Waals surface area contributed by atoms with Gasteiger partial charge >= 0.3 is 0 Å². The number of amides is 2. The Balaban J connectivity index is 1.30. The lowest BCUT2D eigenvalue weighted by Gasteiger charge is -2.53. The smallest absolute Gasteiger partial charge is 0.279 e. The molecule has 4 saturated carbocycles. The van der Waals surface area contributed by atoms with Gasteiger partial charge in [0, 0.05) is 5.92 Å². The summed E-state index contributed by atoms with van der Waals surface area (Å²) in [6, 6.07) is 5.93. The van der Waals surface area contributed by atoms with Gasteiger partial charge in [-0.3, -0.25) is 20.4 Å². The zero-order chi connectivity index (χ0) is 18.3. The van der Waals surface area contributed by atoms with E-state index >= 15 is 0 Å². The van der Waals surface area contributed by atoms with Gasteiger partial charge in [0.2, 0.25) is 5.91 Å². The van der Waals surface area contributed by atoms with Gasteiger partial charge in [-0.25, -0.2) is 4.39 Å². The van der Waals surface area contributed by atoms with Crippen LogP contribution in [0.3, 0.4) is 0 Å². The largest absolute Gasteiger partial charge is 0.478 e. The first-order valence-corrected chi connectivity index (χ1v) is 9.52. The fourth-order valence-electron chi connectivity index (χ4n) is 5.45. The number of ether oxygens (including phenoxy) is 1. The number of rotatable bonds is 4. The molecule has 0 aromatic heterocycles. The molecule has 26 heavy (non-hydrogen) atoms. The molecule has 1 aromatic carbocycles. The van der Waals surface area contributed by atoms with Gasteiger partial charge < -0.3 is 4.74 Å². The van der Waals surface area contributed by atoms with Crippen LogP contribution < -0.4 is 15.6 Å². The number of carbonyl (C=O) groups is 2. The highest BCUT2D eigenvalue weighted by Gasteiger charge is 2.50. The summed E-state index contributed by atoms with van der Waals surface area (Å²) in [5.41, 5.74) is 5.02. The van der Waals surface area contributed by atoms with E-state index in [0.717, 1.165) is 37.5 Å². The summed E-state index contributed by atoms with van der Waals surface area (Å²) in [5, 5.41) is 0. The molecular weight excluding hydrogens is 335 g/mol. The predicted molar refractivity (Wildman–Crippen MR) is 93.3 cm³/mol. The number of hydrogen-bond donors (Lipinski definition) is 2. The molecule has 6 heteroatoms. The van der Waals surface area contributed by atoms with Gasteiger partial charge in [0.1, 0.15) is 0 Å². The average Bonchev–Trinajstić information content (AvgIpc) is 2.60. The monoisotopic (exact) mass is 360 g/mol. The van der Waals surface area contributed by atoms with Gasteiger partial charge in [0.25, 0.3) is 5.91 Å². The summed E-state index contributed by atoms with van der Waals surface area (Å²) >= 11 is 0. The summed E-state index contributed by atoms with van der Waals surface area (Å²) in [4.78, 5) is 24.8. The first-order chi connectivity index (χ1) is 12.5. The fraction of sp³-hybridized carbons (Fsp3) is 0.600. The zero-order valence-electron chi connectivity index (χ0n) is 14.9. The van der Waals surface area contributed by atoms with Gasteiger partial charge in [-0.2, -0.15) is 0 Å². The van der Waals surface area contributed by atoms with Crippen molar-refractivity contribution in [1.29, 1.82) is 0 Å². The van der Waals surface area contributed by atoms with Crippen LogP contribution in [0.5, 0.6) is 5.75 Å². The third-order valence-corrected chi connectivity index (χ3v) is 6.35. The summed E-state index contributed by atoms with van der Waals surface area (Å²) in [7, 11) is 0. The van der Waals surface area contributed by atoms with E-state index in [4.69, 9.17) is 4.74 Å². The Morgan fingerprint density at radius 3 is 2.27 bits per heavy atom. The standard InChI is InChI=1S/C20H25FN2O3/c1-11(26-17-5-3-2-4-16(17)21)19(24)22-23-20(25)18-14-7-12-6-13(9-14)10-15(18)8-12/h2-5,11-15,18H,6-10H2,1H3,(H,22,24)(H,23,25). The molecule has 0 heterocycles. The molecule has 4 aliphatic rings. The molecule has 0 aliphatic heterocycles. The number of carbonyl (C=O) groups excluding carboxylic acids is 2. The molecule has 1 unspecified atom stereocenters. The minimum absolute atomic E-state index is 0.00546. The summed E-state index contributed by atoms with van der Waals surface area (Å²) in [6.45, 7) is 1.52. The van der Waals surface area contributed by atoms with Crippen molar-refractivity contribution in [3.63, 3.8) is 0 Å². The molecule has 1 aromatic rings. The second-order valence-electron chi connectivity index (χ2n) is 8.13. The van der Waals surface area contributed by atoms with Gasteiger partial charge in [0.05, 0.1) is 0 Å². The van der Waals surface area contributed by atoms with E-state index in [0.29, 0.717) is 11.8 Å². The van der Waals surface area contributed by atoms with Gasteiger partial charge in [0.15, 0.2) is 17.7 Å². The van der Waals surface area contributed by atoms with Crippen LogP contribution in [0.15, 0.2) is 24.3 Å². The molecule has 0 radical (unpaired) electrons. The molecular formula is C20H25FN2O3. The lowest BCUT2D eigenvalue weighted by atomic mass is 9.52. The number of hydrogen-bond acceptors (Lipinski definition) is 3. The third-order valence-electron chi connectivity index (χ3n) is 6.35. The maximum atomic E-state index is 13.6. The topological polar surface area (TPSA) is 67.4 Å². The average molecular weight is 360 g/mol. The Bertz CT molecular complexity index is 680. The maximum Gasteiger partial charge on any atom is 0.279 e. The lowest BCUT2D eigenvalue weighted by Crippen LogP contribution is -2.55. The van der Waals surface area contributed by atoms with Crippen molar-refractivity contribution in [2.75, 3.05) is 0 Å². The van der Waals surface area contributed by atoms with E-state index in [1.54, 1.807) is 12.1 Å². The Hall–Kier alpha value is -2.11. The number of para-hydroxylation sites is 1. The molecule has 0 saturated heterocycles. The number of benzene rings is 1. The first-order valence-electron chi connectivity index (χ1n) is 9.52. The van der Waals surface area contributed by atoms with E-state index in [1.807, 2.05) is 0 Å². The Morgan fingerprint density at radius 2 is 1.65 bits per heavy atom. The second-order valence-corrected chi connectivity index (χ2v) is 8.13. The molecule has 140 valence electrons. The Kier molecular flexibility index (Phi) is 4.59. The lowest BCUT2D eigenvalue weighted by molar-refractivity contribution is -0.142. The summed E-state index contributed by atoms with van der Waals surface area (Å²) in [6.07, 6.45) is 5.00. The molecule has 4 fully saturated rings. The van der Waals surface area contributed by atoms with Crippen LogP contribution >= 0.6 is 0 Å². The highest BCUT2D eigenvalue weighted by molar-refractivity contribution is 5.85. The fourth-order valence-corrected chi connectivity index (χ4v) is 5.45. The van der Waals surface area contributed by atoms with Crippen LogP contribution in [-0.2, 0) is 9.59 Å². The van der Waals surface area contributed by atoms with Crippen LogP contribution in [0.2, 0.25) is 0 Å². The maximum absolute atomic E-state index is 13.6. The van der Waals surface area contributed by atoms with Crippen LogP contribution in [0, 0.1) is 35.4 Å². The van der Waals surface area contributed by atoms with E-state index in [1.165, 1.54) is 25.5 Å². The molecule has 4 aliphatic carbocycles. The van der Waals surface area contributed by atoms with Crippen molar-refractivity contribution in [3.05, 3.63) is 30.1 Å². The van der Waals surface area contributed by atoms with Crippen molar-refractivity contribution < 1.29 is 18.7 Å². The Labute approximate surface area is 152 Å². The van der Waals surface area contributed by atoms with Crippen molar-refractivity contribution in [1.82, 2.24) is 10.9 Å². The van der Waals surface area contributed by atoms with Crippen LogP contribution in [0.4, 0.5) is 4.39 Å². The van der Waals surface area contributed by atoms with Crippen molar-refractivity contribution in [3.8, 4) is 5.75 Å². The molecule has 2 N–H and O–H groups in total. The van der Waals surface area contributed by atoms with E-state index in [2.05, 4.69) is 10.9 Å². The second kappa shape index (κ2) is 6.89. The summed E-state index contributed by atoms with van der Waals surface area (Å²) < 4.78 is 19.0. The van der Waals surface area contributed by atoms with Gasteiger partial charge in [-0.1, -0.05) is 12.1 Å². The first kappa shape index (κ1) is 17.3. The number of hydrazine groups is 1. The highest BCUT2D eigenvalue weighted by Crippen LogP contribution is 2.56. The van der Waals surface area contributed by atoms with E-state index in [-0.39, 0.29) is 17.6 Å². The molecule has 4 bridgehead atoms. The van der Waals surface area contributed by atoms with Crippen LogP contribution in [0.1, 0.15) is 39.0 Å². The third kappa shape index (κ3) is 3.29. The summed E-state index contributed by atoms with van der Waals surface area (Å²) in [5.74, 6) is 1.41. The minimum atomic E-state index is -0.911. The Morgan fingerprint density at radius 1 is 1.04 bits per heavy atom. The highest BCUT2D eigenvalue weighted by atomic mass is 19.1. The number of halogens is 1. The SMILES string of the molecule is CC(Oc1ccccc1F)C(=O)NNC(=O)C1C2CC3CC(C2)CC1C3. The van der Waals surface area contributed by atoms with Crippen LogP contribution in [-0.4, -0.2) is 17.9 Å². The quantitative estimate of drug-likeness (QED) is 0.812. The van der Waals surface area contributed by atoms with E-state index in [9.17, 15) is 14.0 Å². The van der Waals surface area contributed by atoms with Gasteiger partial charge in [-0.15, -0.1) is 0 Å². The van der Waals surface area contributed by atoms with Gasteiger partial charge in [-0.05, 0) is 74.8 Å². The predicted octanol–water partition coefficient (Wildman–Crippen LogP) is 2.81. The van der Waals surface area contributed by atoms with Crippen molar-refractivity contribution >= 4 is 11.8 Å². The molecule has 1 atom stereocenters. The molecule has 5 nitrogen and oxygen atoms in total. The van der Waals surface area contributed by atoms with E-state index < -0.39 is 17.8 Å². The molecule has 0 spiro atoms. The normalized spacial score (nSPS) is 32.8. The number of nitrogens with one attached hydrogen (secondary N) is 2.